The Bertz CT molecular complexity index is 273. The summed E-state index contributed by atoms with van der Waals surface area (Å²) in [5.41, 5.74) is 0.691. The number of hydrogen-bond donors (Lipinski definition) is 0. The van der Waals surface area contributed by atoms with Crippen LogP contribution in [0.1, 0.15) is 6.92 Å². The Labute approximate surface area is 70.6 Å². The molecule has 0 heterocycles. The summed E-state index contributed by atoms with van der Waals surface area (Å²) in [6.45, 7) is 2.71. The predicted octanol–water partition coefficient (Wildman–Crippen LogP) is 2.42. The molecule has 0 aliphatic rings. The van der Waals surface area contributed by atoms with E-state index in [2.05, 4.69) is 0 Å². The third-order valence-corrected chi connectivity index (χ3v) is 1.82. The summed E-state index contributed by atoms with van der Waals surface area (Å²) in [7, 11) is 1.83. The van der Waals surface area contributed by atoms with Crippen LogP contribution in [0.3, 0.4) is 0 Å². The second kappa shape index (κ2) is 3.52. The van der Waals surface area contributed by atoms with E-state index >= 15 is 0 Å². The Kier molecular flexibility index (Phi) is 2.63. The van der Waals surface area contributed by atoms with E-state index in [1.807, 2.05) is 18.9 Å². The van der Waals surface area contributed by atoms with E-state index < -0.39 is 11.6 Å². The third kappa shape index (κ3) is 1.72. The summed E-state index contributed by atoms with van der Waals surface area (Å²) in [6.07, 6.45) is 0. The molecule has 0 aromatic heterocycles. The van der Waals surface area contributed by atoms with Gasteiger partial charge in [-0.3, -0.25) is 0 Å². The minimum atomic E-state index is -0.803. The van der Waals surface area contributed by atoms with Gasteiger partial charge in [-0.1, -0.05) is 0 Å². The molecule has 0 aliphatic heterocycles. The molecule has 1 aromatic rings. The van der Waals surface area contributed by atoms with Gasteiger partial charge in [0.1, 0.15) is 0 Å². The minimum absolute atomic E-state index is 0.691. The third-order valence-electron chi connectivity index (χ3n) is 1.82. The van der Waals surface area contributed by atoms with Crippen LogP contribution in [0.25, 0.3) is 0 Å². The van der Waals surface area contributed by atoms with Crippen LogP contribution < -0.4 is 4.90 Å². The van der Waals surface area contributed by atoms with Gasteiger partial charge in [0, 0.05) is 25.3 Å². The summed E-state index contributed by atoms with van der Waals surface area (Å²) < 4.78 is 25.1. The number of nitrogens with zero attached hydrogens (tertiary/aromatic N) is 1. The van der Waals surface area contributed by atoms with Crippen molar-refractivity contribution in [2.75, 3.05) is 18.5 Å². The van der Waals surface area contributed by atoms with Crippen LogP contribution in [0.15, 0.2) is 18.2 Å². The lowest BCUT2D eigenvalue weighted by Crippen LogP contribution is -2.15. The largest absolute Gasteiger partial charge is 0.375 e. The summed E-state index contributed by atoms with van der Waals surface area (Å²) in [5, 5.41) is 0. The van der Waals surface area contributed by atoms with Crippen LogP contribution >= 0.6 is 0 Å². The second-order valence-electron chi connectivity index (χ2n) is 2.61. The molecule has 3 heteroatoms. The Hall–Kier alpha value is -1.12. The van der Waals surface area contributed by atoms with Crippen LogP contribution in [0, 0.1) is 11.6 Å². The molecule has 1 aromatic carbocycles. The SMILES string of the molecule is CCN(C)c1ccc(F)c(F)c1. The first-order valence-electron chi connectivity index (χ1n) is 3.81. The zero-order valence-electron chi connectivity index (χ0n) is 7.14. The fourth-order valence-corrected chi connectivity index (χ4v) is 0.905. The van der Waals surface area contributed by atoms with Crippen molar-refractivity contribution in [1.82, 2.24) is 0 Å². The van der Waals surface area contributed by atoms with Crippen LogP contribution in [0.4, 0.5) is 14.5 Å². The Balaban J connectivity index is 2.96. The molecule has 1 rings (SSSR count). The van der Waals surface area contributed by atoms with E-state index in [1.54, 1.807) is 6.07 Å². The number of rotatable bonds is 2. The maximum absolute atomic E-state index is 12.7. The molecule has 0 radical (unpaired) electrons. The van der Waals surface area contributed by atoms with Crippen molar-refractivity contribution in [3.05, 3.63) is 29.8 Å². The summed E-state index contributed by atoms with van der Waals surface area (Å²) in [4.78, 5) is 1.84. The van der Waals surface area contributed by atoms with Gasteiger partial charge in [0.2, 0.25) is 0 Å². The molecule has 0 saturated carbocycles. The quantitative estimate of drug-likeness (QED) is 0.660. The average molecular weight is 171 g/mol. The molecule has 0 fully saturated rings. The standard InChI is InChI=1S/C9H11F2N/c1-3-12(2)7-4-5-8(10)9(11)6-7/h4-6H,3H2,1-2H3. The number of anilines is 1. The number of benzene rings is 1. The van der Waals surface area contributed by atoms with E-state index in [4.69, 9.17) is 0 Å². The molecule has 0 unspecified atom stereocenters. The van der Waals surface area contributed by atoms with Crippen molar-refractivity contribution < 1.29 is 8.78 Å². The minimum Gasteiger partial charge on any atom is -0.375 e. The molecule has 0 aliphatic carbocycles. The van der Waals surface area contributed by atoms with Gasteiger partial charge in [0.15, 0.2) is 11.6 Å². The van der Waals surface area contributed by atoms with E-state index in [0.29, 0.717) is 5.69 Å². The molecule has 0 amide bonds. The highest BCUT2D eigenvalue weighted by Crippen LogP contribution is 2.15. The molecular weight excluding hydrogens is 160 g/mol. The Morgan fingerprint density at radius 3 is 2.42 bits per heavy atom. The first-order chi connectivity index (χ1) is 5.65. The first kappa shape index (κ1) is 8.97. The van der Waals surface area contributed by atoms with E-state index in [0.717, 1.165) is 12.6 Å². The molecule has 0 saturated heterocycles. The molecule has 1 nitrogen and oxygen atoms in total. The molecule has 0 spiro atoms. The predicted molar refractivity (Wildman–Crippen MR) is 45.3 cm³/mol. The van der Waals surface area contributed by atoms with Crippen molar-refractivity contribution in [3.8, 4) is 0 Å². The van der Waals surface area contributed by atoms with E-state index in [1.165, 1.54) is 6.07 Å². The van der Waals surface area contributed by atoms with Gasteiger partial charge in [-0.2, -0.15) is 0 Å². The average Bonchev–Trinajstić information content (AvgIpc) is 2.08. The zero-order chi connectivity index (χ0) is 9.14. The van der Waals surface area contributed by atoms with Gasteiger partial charge in [-0.25, -0.2) is 8.78 Å². The lowest BCUT2D eigenvalue weighted by Gasteiger charge is -2.16. The highest BCUT2D eigenvalue weighted by atomic mass is 19.2. The maximum Gasteiger partial charge on any atom is 0.160 e. The van der Waals surface area contributed by atoms with Crippen LogP contribution in [-0.2, 0) is 0 Å². The number of hydrogen-bond acceptors (Lipinski definition) is 1. The van der Waals surface area contributed by atoms with Gasteiger partial charge in [0.05, 0.1) is 0 Å². The molecule has 0 N–H and O–H groups in total. The van der Waals surface area contributed by atoms with Crippen molar-refractivity contribution in [2.24, 2.45) is 0 Å². The fraction of sp³-hybridized carbons (Fsp3) is 0.333. The zero-order valence-corrected chi connectivity index (χ0v) is 7.14. The van der Waals surface area contributed by atoms with Crippen molar-refractivity contribution >= 4 is 5.69 Å². The summed E-state index contributed by atoms with van der Waals surface area (Å²) >= 11 is 0. The maximum atomic E-state index is 12.7. The molecule has 66 valence electrons. The van der Waals surface area contributed by atoms with Crippen molar-refractivity contribution in [3.63, 3.8) is 0 Å². The van der Waals surface area contributed by atoms with Crippen LogP contribution in [-0.4, -0.2) is 13.6 Å². The van der Waals surface area contributed by atoms with E-state index in [-0.39, 0.29) is 0 Å². The monoisotopic (exact) mass is 171 g/mol. The van der Waals surface area contributed by atoms with Crippen molar-refractivity contribution in [2.45, 2.75) is 6.92 Å². The molecule has 0 atom stereocenters. The smallest absolute Gasteiger partial charge is 0.160 e. The van der Waals surface area contributed by atoms with E-state index in [9.17, 15) is 8.78 Å². The molecule has 0 bridgehead atoms. The van der Waals surface area contributed by atoms with Gasteiger partial charge < -0.3 is 4.90 Å². The van der Waals surface area contributed by atoms with Gasteiger partial charge in [-0.05, 0) is 19.1 Å². The normalized spacial score (nSPS) is 10.0. The molecular formula is C9H11F2N. The van der Waals surface area contributed by atoms with Crippen LogP contribution in [0.5, 0.6) is 0 Å². The topological polar surface area (TPSA) is 3.24 Å². The number of halogens is 2. The second-order valence-corrected chi connectivity index (χ2v) is 2.61. The highest BCUT2D eigenvalue weighted by Gasteiger charge is 2.03. The molecule has 12 heavy (non-hydrogen) atoms. The van der Waals surface area contributed by atoms with Crippen LogP contribution in [0.2, 0.25) is 0 Å². The Morgan fingerprint density at radius 1 is 1.25 bits per heavy atom. The fourth-order valence-electron chi connectivity index (χ4n) is 0.905. The summed E-state index contributed by atoms with van der Waals surface area (Å²) in [5.74, 6) is -1.60. The first-order valence-corrected chi connectivity index (χ1v) is 3.81. The van der Waals surface area contributed by atoms with Crippen molar-refractivity contribution in [1.29, 1.82) is 0 Å². The highest BCUT2D eigenvalue weighted by molar-refractivity contribution is 5.45. The van der Waals surface area contributed by atoms with Gasteiger partial charge in [0.25, 0.3) is 0 Å². The lowest BCUT2D eigenvalue weighted by molar-refractivity contribution is 0.508. The lowest BCUT2D eigenvalue weighted by atomic mass is 10.3. The van der Waals surface area contributed by atoms with Gasteiger partial charge in [-0.15, -0.1) is 0 Å². The summed E-state index contributed by atoms with van der Waals surface area (Å²) in [6, 6.07) is 3.89. The Morgan fingerprint density at radius 2 is 1.92 bits per heavy atom. The van der Waals surface area contributed by atoms with Gasteiger partial charge >= 0.3 is 0 Å².